The van der Waals surface area contributed by atoms with E-state index in [4.69, 9.17) is 17.6 Å². The maximum Gasteiger partial charge on any atom is 2.00 e. The first-order chi connectivity index (χ1) is 8.06. The van der Waals surface area contributed by atoms with Gasteiger partial charge in [-0.3, -0.25) is 0 Å². The zero-order valence-corrected chi connectivity index (χ0v) is 20.4. The molecule has 1 heterocycles. The van der Waals surface area contributed by atoms with Gasteiger partial charge in [-0.2, -0.15) is 0 Å². The van der Waals surface area contributed by atoms with Gasteiger partial charge in [-0.1, -0.05) is 39.3 Å². The Bertz CT molecular complexity index is 223. The third kappa shape index (κ3) is 75.0. The van der Waals surface area contributed by atoms with E-state index in [9.17, 15) is 0 Å². The summed E-state index contributed by atoms with van der Waals surface area (Å²) in [7, 11) is -1.10. The van der Waals surface area contributed by atoms with Crippen molar-refractivity contribution in [3.63, 3.8) is 0 Å². The molecule has 1 aliphatic rings. The van der Waals surface area contributed by atoms with Crippen LogP contribution < -0.4 is 17.0 Å². The molecule has 0 aromatic carbocycles. The van der Waals surface area contributed by atoms with Gasteiger partial charge in [-0.05, 0) is 12.8 Å². The minimum Gasteiger partial charge on any atom is -1.00 e. The average Bonchev–Trinajstić information content (AvgIpc) is 2.75. The van der Waals surface area contributed by atoms with Gasteiger partial charge < -0.3 is 34.6 Å². The summed E-state index contributed by atoms with van der Waals surface area (Å²) in [6, 6.07) is 0. The number of ether oxygens (including phenoxy) is 1. The summed E-state index contributed by atoms with van der Waals surface area (Å²) in [6.07, 6.45) is 16.7. The van der Waals surface area contributed by atoms with Crippen LogP contribution in [0, 0.1) is 24.8 Å². The van der Waals surface area contributed by atoms with Crippen LogP contribution in [0.4, 0.5) is 0 Å². The van der Waals surface area contributed by atoms with Gasteiger partial charge in [0.25, 0.3) is 0 Å². The molecule has 0 aromatic rings. The zero-order chi connectivity index (χ0) is 15.2. The van der Waals surface area contributed by atoms with Gasteiger partial charge >= 0.3 is 23.1 Å². The molecular formula is C14H28Br2MgOSi2. The second-order valence-corrected chi connectivity index (χ2v) is 21.8. The van der Waals surface area contributed by atoms with Crippen LogP contribution in [0.5, 0.6) is 0 Å². The molecule has 114 valence electrons. The Labute approximate surface area is 163 Å². The van der Waals surface area contributed by atoms with Gasteiger partial charge in [0.2, 0.25) is 0 Å². The Morgan fingerprint density at radius 3 is 1.25 bits per heavy atom. The topological polar surface area (TPSA) is 9.23 Å². The molecule has 1 saturated heterocycles. The van der Waals surface area contributed by atoms with Gasteiger partial charge in [-0.25, -0.2) is 0 Å². The summed E-state index contributed by atoms with van der Waals surface area (Å²) in [5.74, 6) is 0. The van der Waals surface area contributed by atoms with Crippen molar-refractivity contribution in [2.45, 2.75) is 52.1 Å². The molecule has 1 nitrogen and oxygen atoms in total. The fraction of sp³-hybridized carbons (Fsp3) is 0.714. The molecule has 0 aliphatic carbocycles. The van der Waals surface area contributed by atoms with E-state index in [0.29, 0.717) is 0 Å². The number of halogens is 2. The molecule has 0 saturated carbocycles. The zero-order valence-electron chi connectivity index (χ0n) is 13.9. The molecule has 0 bridgehead atoms. The van der Waals surface area contributed by atoms with Crippen LogP contribution in [-0.2, 0) is 4.74 Å². The van der Waals surface area contributed by atoms with E-state index in [1.165, 1.54) is 12.8 Å². The number of rotatable bonds is 0. The second kappa shape index (κ2) is 20.2. The van der Waals surface area contributed by atoms with Gasteiger partial charge in [0.15, 0.2) is 0 Å². The first-order valence-electron chi connectivity index (χ1n) is 6.09. The molecule has 1 aliphatic heterocycles. The van der Waals surface area contributed by atoms with Gasteiger partial charge in [-0.15, -0.1) is 27.3 Å². The summed E-state index contributed by atoms with van der Waals surface area (Å²) in [5, 5.41) is 0. The summed E-state index contributed by atoms with van der Waals surface area (Å²) in [6.45, 7) is 14.4. The molecular weight excluding hydrogens is 424 g/mol. The van der Waals surface area contributed by atoms with Crippen LogP contribution >= 0.6 is 15.3 Å². The minimum atomic E-state index is -1.10. The Hall–Kier alpha value is 1.24. The van der Waals surface area contributed by atoms with Crippen molar-refractivity contribution in [3.05, 3.63) is 6.42 Å². The van der Waals surface area contributed by atoms with Crippen LogP contribution in [0.15, 0.2) is 0 Å². The van der Waals surface area contributed by atoms with Crippen molar-refractivity contribution in [2.75, 3.05) is 13.2 Å². The normalized spacial score (nSPS) is 12.2. The molecule has 0 radical (unpaired) electrons. The smallest absolute Gasteiger partial charge is 1.00 e. The van der Waals surface area contributed by atoms with Crippen molar-refractivity contribution in [2.24, 2.45) is 0 Å². The van der Waals surface area contributed by atoms with Crippen LogP contribution in [0.25, 0.3) is 0 Å². The minimum absolute atomic E-state index is 0. The van der Waals surface area contributed by atoms with Crippen molar-refractivity contribution < 1.29 is 21.7 Å². The monoisotopic (exact) mass is 450 g/mol. The van der Waals surface area contributed by atoms with E-state index in [2.05, 4.69) is 66.5 Å². The fourth-order valence-electron chi connectivity index (χ4n) is 0.510. The van der Waals surface area contributed by atoms with Crippen LogP contribution in [0.1, 0.15) is 12.8 Å². The van der Waals surface area contributed by atoms with E-state index >= 15 is 0 Å². The predicted molar refractivity (Wildman–Crippen MR) is 98.4 cm³/mol. The third-order valence-corrected chi connectivity index (χ3v) is 2.13. The second-order valence-electron chi connectivity index (χ2n) is 5.78. The molecule has 6 heteroatoms. The maximum atomic E-state index is 5.25. The summed E-state index contributed by atoms with van der Waals surface area (Å²) in [5.41, 5.74) is 2.74. The van der Waals surface area contributed by atoms with Crippen molar-refractivity contribution >= 4 is 53.1 Å². The largest absolute Gasteiger partial charge is 2.00 e. The van der Waals surface area contributed by atoms with Crippen LogP contribution in [-0.4, -0.2) is 51.0 Å². The standard InChI is InChI=1S/C5H10Si.C4H8O.C3H9BrSi.C2H.BrH.Mg/c1-5-6(2,3)4;1-2-4-5-3-1;1-5(2,3)4;1-2;;/h1H,2-4H3;1-4H2;1-3H3;1H;1H;/q;;;-1;;+2/p-1. The van der Waals surface area contributed by atoms with Crippen molar-refractivity contribution in [3.8, 4) is 18.4 Å². The van der Waals surface area contributed by atoms with E-state index in [1.54, 1.807) is 0 Å². The summed E-state index contributed by atoms with van der Waals surface area (Å²) in [4.78, 5) is 0. The Balaban J connectivity index is -0.0000000506. The van der Waals surface area contributed by atoms with E-state index in [1.807, 2.05) is 0 Å². The molecule has 20 heavy (non-hydrogen) atoms. The molecule has 1 rings (SSSR count). The van der Waals surface area contributed by atoms with Gasteiger partial charge in [0.1, 0.15) is 14.8 Å². The quantitative estimate of drug-likeness (QED) is 0.233. The van der Waals surface area contributed by atoms with E-state index in [-0.39, 0.29) is 40.0 Å². The Kier molecular flexibility index (Phi) is 33.4. The average molecular weight is 453 g/mol. The number of hydrogen-bond acceptors (Lipinski definition) is 1. The third-order valence-electron chi connectivity index (χ3n) is 1.26. The Morgan fingerprint density at radius 2 is 1.20 bits per heavy atom. The van der Waals surface area contributed by atoms with Crippen LogP contribution in [0.2, 0.25) is 39.3 Å². The van der Waals surface area contributed by atoms with Gasteiger partial charge in [0.05, 0.1) is 0 Å². The maximum absolute atomic E-state index is 5.25. The number of terminal acetylenes is 2. The fourth-order valence-corrected chi connectivity index (χ4v) is 0.510. The molecule has 0 spiro atoms. The molecule has 0 aromatic heterocycles. The van der Waals surface area contributed by atoms with E-state index in [0.717, 1.165) is 13.2 Å². The molecule has 0 atom stereocenters. The predicted octanol–water partition coefficient (Wildman–Crippen LogP) is 1.34. The molecule has 1 fully saturated rings. The molecule has 0 N–H and O–H groups in total. The number of hydrogen-bond donors (Lipinski definition) is 0. The summed E-state index contributed by atoms with van der Waals surface area (Å²) >= 11 is 3.51. The molecule has 0 unspecified atom stereocenters. The van der Waals surface area contributed by atoms with Crippen molar-refractivity contribution in [1.29, 1.82) is 0 Å². The Morgan fingerprint density at radius 1 is 1.00 bits per heavy atom. The first-order valence-corrected chi connectivity index (χ1v) is 15.4. The SMILES string of the molecule is C#C[Si](C)(C)C.C1CCOC1.C[Si](C)(C)Br.[Br-].[C-]#C.[Mg+2]. The van der Waals surface area contributed by atoms with Gasteiger partial charge in [0, 0.05) is 13.2 Å². The van der Waals surface area contributed by atoms with E-state index < -0.39 is 14.8 Å². The first kappa shape index (κ1) is 33.0. The molecule has 0 amide bonds. The van der Waals surface area contributed by atoms with Crippen LogP contribution in [0.3, 0.4) is 0 Å². The summed E-state index contributed by atoms with van der Waals surface area (Å²) < 4.78 is 4.94. The van der Waals surface area contributed by atoms with Crippen molar-refractivity contribution in [1.82, 2.24) is 0 Å².